The van der Waals surface area contributed by atoms with E-state index >= 15 is 0 Å². The van der Waals surface area contributed by atoms with E-state index in [1.165, 1.54) is 4.90 Å². The monoisotopic (exact) mass is 373 g/mol. The van der Waals surface area contributed by atoms with Gasteiger partial charge in [0.05, 0.1) is 16.8 Å². The third kappa shape index (κ3) is 2.07. The van der Waals surface area contributed by atoms with E-state index in [2.05, 4.69) is 0 Å². The lowest BCUT2D eigenvalue weighted by Crippen LogP contribution is -2.29. The van der Waals surface area contributed by atoms with Gasteiger partial charge in [0.1, 0.15) is 0 Å². The van der Waals surface area contributed by atoms with E-state index in [1.807, 2.05) is 91.0 Å². The van der Waals surface area contributed by atoms with Crippen LogP contribution in [0.3, 0.4) is 0 Å². The van der Waals surface area contributed by atoms with Crippen molar-refractivity contribution in [1.29, 1.82) is 0 Å². The summed E-state index contributed by atoms with van der Waals surface area (Å²) in [6, 6.07) is 29.2. The Kier molecular flexibility index (Phi) is 3.18. The highest BCUT2D eigenvalue weighted by Gasteiger charge is 2.40. The highest BCUT2D eigenvalue weighted by atomic mass is 16.2. The van der Waals surface area contributed by atoms with Gasteiger partial charge in [-0.3, -0.25) is 9.59 Å². The number of nitrogens with zero attached hydrogens (tertiary/aromatic N) is 1. The summed E-state index contributed by atoms with van der Waals surface area (Å²) in [6.07, 6.45) is 0. The van der Waals surface area contributed by atoms with Crippen LogP contribution in [0.5, 0.6) is 0 Å². The quantitative estimate of drug-likeness (QED) is 0.269. The molecule has 1 aliphatic heterocycles. The van der Waals surface area contributed by atoms with E-state index in [1.54, 1.807) is 0 Å². The van der Waals surface area contributed by atoms with Crippen LogP contribution in [0.15, 0.2) is 91.0 Å². The number of benzene rings is 5. The first-order valence-corrected chi connectivity index (χ1v) is 9.56. The zero-order chi connectivity index (χ0) is 19.5. The predicted octanol–water partition coefficient (Wildman–Crippen LogP) is 5.95. The Balaban J connectivity index is 1.72. The van der Waals surface area contributed by atoms with Gasteiger partial charge < -0.3 is 0 Å². The number of amides is 2. The van der Waals surface area contributed by atoms with Crippen LogP contribution in [-0.2, 0) is 0 Å². The van der Waals surface area contributed by atoms with Crippen molar-refractivity contribution in [2.75, 3.05) is 4.90 Å². The topological polar surface area (TPSA) is 37.4 Å². The molecule has 0 radical (unpaired) electrons. The largest absolute Gasteiger partial charge is 0.268 e. The van der Waals surface area contributed by atoms with Gasteiger partial charge in [0.25, 0.3) is 11.8 Å². The Bertz CT molecular complexity index is 1420. The SMILES string of the molecule is O=C1c2c(c3ccccc3c3ccccc23)C(=O)N1c1cccc2ccccc12. The smallest absolute Gasteiger partial charge is 0.266 e. The van der Waals surface area contributed by atoms with Gasteiger partial charge in [-0.25, -0.2) is 4.90 Å². The van der Waals surface area contributed by atoms with Crippen molar-refractivity contribution in [2.45, 2.75) is 0 Å². The maximum absolute atomic E-state index is 13.6. The second kappa shape index (κ2) is 5.76. The molecule has 0 spiro atoms. The molecule has 0 aromatic heterocycles. The van der Waals surface area contributed by atoms with E-state index < -0.39 is 0 Å². The normalized spacial score (nSPS) is 13.6. The van der Waals surface area contributed by atoms with Crippen LogP contribution in [0.1, 0.15) is 20.7 Å². The molecule has 0 N–H and O–H groups in total. The Hall–Kier alpha value is -3.98. The molecule has 1 heterocycles. The molecule has 1 aliphatic rings. The number of carbonyl (C=O) groups excluding carboxylic acids is 2. The summed E-state index contributed by atoms with van der Waals surface area (Å²) in [5.41, 5.74) is 1.62. The molecule has 0 bridgehead atoms. The first-order valence-electron chi connectivity index (χ1n) is 9.56. The van der Waals surface area contributed by atoms with E-state index in [4.69, 9.17) is 0 Å². The predicted molar refractivity (Wildman–Crippen MR) is 117 cm³/mol. The summed E-state index contributed by atoms with van der Waals surface area (Å²) in [4.78, 5) is 28.6. The minimum atomic E-state index is -0.261. The molecule has 0 unspecified atom stereocenters. The molecule has 3 heteroatoms. The fourth-order valence-electron chi connectivity index (χ4n) is 4.52. The molecule has 5 aromatic rings. The second-order valence-corrected chi connectivity index (χ2v) is 7.29. The van der Waals surface area contributed by atoms with Crippen molar-refractivity contribution >= 4 is 49.8 Å². The van der Waals surface area contributed by atoms with Crippen molar-refractivity contribution in [1.82, 2.24) is 0 Å². The molecule has 0 atom stereocenters. The van der Waals surface area contributed by atoms with Gasteiger partial charge in [0.15, 0.2) is 0 Å². The number of hydrogen-bond donors (Lipinski definition) is 0. The summed E-state index contributed by atoms with van der Waals surface area (Å²) in [6.45, 7) is 0. The van der Waals surface area contributed by atoms with Crippen molar-refractivity contribution in [3.05, 3.63) is 102 Å². The Morgan fingerprint density at radius 3 is 1.48 bits per heavy atom. The van der Waals surface area contributed by atoms with Crippen LogP contribution in [0.2, 0.25) is 0 Å². The number of anilines is 1. The summed E-state index contributed by atoms with van der Waals surface area (Å²) >= 11 is 0. The number of rotatable bonds is 1. The minimum Gasteiger partial charge on any atom is -0.268 e. The summed E-state index contributed by atoms with van der Waals surface area (Å²) < 4.78 is 0. The van der Waals surface area contributed by atoms with Gasteiger partial charge in [-0.2, -0.15) is 0 Å². The fraction of sp³-hybridized carbons (Fsp3) is 0. The molecule has 2 amide bonds. The van der Waals surface area contributed by atoms with Crippen molar-refractivity contribution in [2.24, 2.45) is 0 Å². The third-order valence-corrected chi connectivity index (χ3v) is 5.77. The first-order chi connectivity index (χ1) is 14.3. The maximum atomic E-state index is 13.6. The number of fused-ring (bicyclic) bond motifs is 7. The number of hydrogen-bond acceptors (Lipinski definition) is 2. The second-order valence-electron chi connectivity index (χ2n) is 7.29. The zero-order valence-electron chi connectivity index (χ0n) is 15.4. The van der Waals surface area contributed by atoms with Gasteiger partial charge in [-0.15, -0.1) is 0 Å². The van der Waals surface area contributed by atoms with Crippen LogP contribution in [0.25, 0.3) is 32.3 Å². The summed E-state index contributed by atoms with van der Waals surface area (Å²) in [5.74, 6) is -0.522. The Morgan fingerprint density at radius 1 is 0.448 bits per heavy atom. The molecule has 6 rings (SSSR count). The van der Waals surface area contributed by atoms with E-state index in [0.29, 0.717) is 16.8 Å². The van der Waals surface area contributed by atoms with Crippen LogP contribution < -0.4 is 4.90 Å². The molecule has 5 aromatic carbocycles. The molecular weight excluding hydrogens is 358 g/mol. The number of imide groups is 1. The van der Waals surface area contributed by atoms with Gasteiger partial charge >= 0.3 is 0 Å². The van der Waals surface area contributed by atoms with Gasteiger partial charge in [0.2, 0.25) is 0 Å². The summed E-state index contributed by atoms with van der Waals surface area (Å²) in [7, 11) is 0. The van der Waals surface area contributed by atoms with Crippen LogP contribution >= 0.6 is 0 Å². The maximum Gasteiger partial charge on any atom is 0.266 e. The molecule has 29 heavy (non-hydrogen) atoms. The van der Waals surface area contributed by atoms with E-state index in [-0.39, 0.29) is 11.8 Å². The zero-order valence-corrected chi connectivity index (χ0v) is 15.4. The molecular formula is C26H15NO2. The van der Waals surface area contributed by atoms with Gasteiger partial charge in [0, 0.05) is 5.39 Å². The number of carbonyl (C=O) groups is 2. The molecule has 0 saturated carbocycles. The van der Waals surface area contributed by atoms with Crippen molar-refractivity contribution < 1.29 is 9.59 Å². The molecule has 3 nitrogen and oxygen atoms in total. The lowest BCUT2D eigenvalue weighted by molar-refractivity contribution is 0.0927. The molecule has 0 fully saturated rings. The van der Waals surface area contributed by atoms with Crippen LogP contribution in [0.4, 0.5) is 5.69 Å². The third-order valence-electron chi connectivity index (χ3n) is 5.77. The molecule has 136 valence electrons. The highest BCUT2D eigenvalue weighted by molar-refractivity contribution is 6.43. The van der Waals surface area contributed by atoms with E-state index in [0.717, 1.165) is 32.3 Å². The van der Waals surface area contributed by atoms with Gasteiger partial charge in [-0.1, -0.05) is 84.9 Å². The van der Waals surface area contributed by atoms with Gasteiger partial charge in [-0.05, 0) is 33.0 Å². The molecule has 0 saturated heterocycles. The van der Waals surface area contributed by atoms with Crippen LogP contribution in [-0.4, -0.2) is 11.8 Å². The highest BCUT2D eigenvalue weighted by Crippen LogP contribution is 2.40. The Morgan fingerprint density at radius 2 is 0.897 bits per heavy atom. The van der Waals surface area contributed by atoms with Crippen LogP contribution in [0, 0.1) is 0 Å². The van der Waals surface area contributed by atoms with Crippen molar-refractivity contribution in [3.8, 4) is 0 Å². The average Bonchev–Trinajstić information content (AvgIpc) is 3.04. The lowest BCUT2D eigenvalue weighted by Gasteiger charge is -2.16. The lowest BCUT2D eigenvalue weighted by atomic mass is 9.93. The average molecular weight is 373 g/mol. The van der Waals surface area contributed by atoms with E-state index in [9.17, 15) is 9.59 Å². The standard InChI is InChI=1S/C26H15NO2/c28-25-23-20-13-5-3-11-18(20)19-12-4-6-14-21(19)24(23)26(29)27(25)22-15-7-9-16-8-1-2-10-17(16)22/h1-15H. The van der Waals surface area contributed by atoms with Crippen molar-refractivity contribution in [3.63, 3.8) is 0 Å². The fourth-order valence-corrected chi connectivity index (χ4v) is 4.52. The minimum absolute atomic E-state index is 0.261. The molecule has 0 aliphatic carbocycles. The first kappa shape index (κ1) is 16.0. The summed E-state index contributed by atoms with van der Waals surface area (Å²) in [5, 5.41) is 5.50. The Labute approximate surface area is 166 Å².